The van der Waals surface area contributed by atoms with Crippen molar-refractivity contribution in [1.29, 1.82) is 0 Å². The highest BCUT2D eigenvalue weighted by molar-refractivity contribution is 5.95. The monoisotopic (exact) mass is 179 g/mol. The molecule has 1 N–H and O–H groups in total. The molecule has 3 nitrogen and oxygen atoms in total. The maximum atomic E-state index is 4.56. The predicted octanol–water partition coefficient (Wildman–Crippen LogP) is 0.638. The molecular weight excluding hydrogens is 162 g/mol. The molecule has 0 bridgehead atoms. The Labute approximate surface area is 79.5 Å². The Morgan fingerprint density at radius 3 is 3.15 bits per heavy atom. The summed E-state index contributed by atoms with van der Waals surface area (Å²) < 4.78 is 0. The minimum Gasteiger partial charge on any atom is -0.356 e. The van der Waals surface area contributed by atoms with Crippen LogP contribution in [0, 0.1) is 0 Å². The Morgan fingerprint density at radius 1 is 1.46 bits per heavy atom. The van der Waals surface area contributed by atoms with Crippen LogP contribution in [0.15, 0.2) is 17.1 Å². The van der Waals surface area contributed by atoms with E-state index >= 15 is 0 Å². The van der Waals surface area contributed by atoms with E-state index in [0.29, 0.717) is 6.04 Å². The van der Waals surface area contributed by atoms with E-state index in [1.54, 1.807) is 0 Å². The van der Waals surface area contributed by atoms with Gasteiger partial charge in [-0.3, -0.25) is 4.99 Å². The van der Waals surface area contributed by atoms with Crippen molar-refractivity contribution in [3.8, 4) is 0 Å². The Morgan fingerprint density at radius 2 is 2.38 bits per heavy atom. The van der Waals surface area contributed by atoms with E-state index in [4.69, 9.17) is 0 Å². The lowest BCUT2D eigenvalue weighted by Gasteiger charge is -2.20. The Kier molecular flexibility index (Phi) is 2.64. The molecule has 1 saturated heterocycles. The summed E-state index contributed by atoms with van der Waals surface area (Å²) >= 11 is 0. The number of nitrogens with one attached hydrogen (secondary N) is 1. The van der Waals surface area contributed by atoms with Crippen molar-refractivity contribution >= 4 is 5.84 Å². The molecule has 1 atom stereocenters. The van der Waals surface area contributed by atoms with Gasteiger partial charge in [-0.15, -0.1) is 0 Å². The summed E-state index contributed by atoms with van der Waals surface area (Å²) in [4.78, 5) is 6.93. The smallest absolute Gasteiger partial charge is 0.123 e. The maximum Gasteiger partial charge on any atom is 0.123 e. The van der Waals surface area contributed by atoms with Crippen LogP contribution in [-0.4, -0.2) is 43.0 Å². The standard InChI is InChI=1S/C10H17N3/c1-9-3-4-10(12-9)13-7-2-5-11-6-8-13/h3-4,9,11H,2,5-8H2,1H3. The quantitative estimate of drug-likeness (QED) is 0.591. The fourth-order valence-electron chi connectivity index (χ4n) is 1.78. The highest BCUT2D eigenvalue weighted by Crippen LogP contribution is 2.08. The van der Waals surface area contributed by atoms with Crippen LogP contribution in [0.2, 0.25) is 0 Å². The molecule has 3 heteroatoms. The van der Waals surface area contributed by atoms with Crippen molar-refractivity contribution in [2.24, 2.45) is 4.99 Å². The van der Waals surface area contributed by atoms with Crippen LogP contribution in [0.25, 0.3) is 0 Å². The zero-order valence-electron chi connectivity index (χ0n) is 8.16. The molecule has 0 saturated carbocycles. The largest absolute Gasteiger partial charge is 0.356 e. The van der Waals surface area contributed by atoms with E-state index in [1.165, 1.54) is 12.3 Å². The first-order valence-electron chi connectivity index (χ1n) is 5.08. The lowest BCUT2D eigenvalue weighted by Crippen LogP contribution is -2.32. The molecule has 0 aromatic heterocycles. The van der Waals surface area contributed by atoms with E-state index in [-0.39, 0.29) is 0 Å². The van der Waals surface area contributed by atoms with E-state index in [0.717, 1.165) is 26.2 Å². The summed E-state index contributed by atoms with van der Waals surface area (Å²) in [7, 11) is 0. The highest BCUT2D eigenvalue weighted by atomic mass is 15.2. The number of rotatable bonds is 0. The molecule has 2 heterocycles. The zero-order chi connectivity index (χ0) is 9.10. The van der Waals surface area contributed by atoms with Crippen LogP contribution in [0.4, 0.5) is 0 Å². The van der Waals surface area contributed by atoms with Crippen molar-refractivity contribution in [2.45, 2.75) is 19.4 Å². The highest BCUT2D eigenvalue weighted by Gasteiger charge is 2.14. The van der Waals surface area contributed by atoms with Gasteiger partial charge in [-0.2, -0.15) is 0 Å². The van der Waals surface area contributed by atoms with E-state index < -0.39 is 0 Å². The Hall–Kier alpha value is -0.830. The van der Waals surface area contributed by atoms with Gasteiger partial charge in [0.15, 0.2) is 0 Å². The molecule has 2 aliphatic rings. The van der Waals surface area contributed by atoms with Crippen LogP contribution in [0.1, 0.15) is 13.3 Å². The third kappa shape index (κ3) is 2.10. The van der Waals surface area contributed by atoms with Crippen LogP contribution >= 0.6 is 0 Å². The fourth-order valence-corrected chi connectivity index (χ4v) is 1.78. The molecule has 13 heavy (non-hydrogen) atoms. The number of hydrogen-bond acceptors (Lipinski definition) is 3. The van der Waals surface area contributed by atoms with Crippen LogP contribution in [0.3, 0.4) is 0 Å². The Balaban J connectivity index is 1.99. The summed E-state index contributed by atoms with van der Waals surface area (Å²) in [6, 6.07) is 0.381. The average molecular weight is 179 g/mol. The van der Waals surface area contributed by atoms with Gasteiger partial charge in [0.25, 0.3) is 0 Å². The van der Waals surface area contributed by atoms with Gasteiger partial charge in [-0.25, -0.2) is 0 Å². The minimum atomic E-state index is 0.381. The van der Waals surface area contributed by atoms with Gasteiger partial charge < -0.3 is 10.2 Å². The molecule has 0 aliphatic carbocycles. The second kappa shape index (κ2) is 3.92. The van der Waals surface area contributed by atoms with E-state index in [2.05, 4.69) is 34.3 Å². The van der Waals surface area contributed by atoms with Crippen molar-refractivity contribution in [3.63, 3.8) is 0 Å². The second-order valence-corrected chi connectivity index (χ2v) is 3.68. The van der Waals surface area contributed by atoms with Crippen molar-refractivity contribution in [2.75, 3.05) is 26.2 Å². The first-order chi connectivity index (χ1) is 6.36. The van der Waals surface area contributed by atoms with Crippen LogP contribution < -0.4 is 5.32 Å². The molecule has 0 radical (unpaired) electrons. The third-order valence-electron chi connectivity index (χ3n) is 2.52. The minimum absolute atomic E-state index is 0.381. The van der Waals surface area contributed by atoms with Gasteiger partial charge in [0.2, 0.25) is 0 Å². The predicted molar refractivity (Wildman–Crippen MR) is 55.1 cm³/mol. The molecule has 1 fully saturated rings. The summed E-state index contributed by atoms with van der Waals surface area (Å²) in [5, 5.41) is 3.39. The molecule has 2 rings (SSSR count). The molecule has 0 spiro atoms. The zero-order valence-corrected chi connectivity index (χ0v) is 8.16. The number of nitrogens with zero attached hydrogens (tertiary/aromatic N) is 2. The molecule has 1 unspecified atom stereocenters. The van der Waals surface area contributed by atoms with Crippen molar-refractivity contribution < 1.29 is 0 Å². The lowest BCUT2D eigenvalue weighted by molar-refractivity contribution is 0.448. The molecule has 0 aromatic carbocycles. The van der Waals surface area contributed by atoms with Gasteiger partial charge in [-0.1, -0.05) is 6.08 Å². The fraction of sp³-hybridized carbons (Fsp3) is 0.700. The van der Waals surface area contributed by atoms with Gasteiger partial charge in [0, 0.05) is 19.6 Å². The van der Waals surface area contributed by atoms with Crippen molar-refractivity contribution in [3.05, 3.63) is 12.2 Å². The van der Waals surface area contributed by atoms with Gasteiger partial charge in [0.1, 0.15) is 5.84 Å². The molecular formula is C10H17N3. The SMILES string of the molecule is CC1C=CC(N2CCCNCC2)=N1. The van der Waals surface area contributed by atoms with E-state index in [1.807, 2.05) is 0 Å². The normalized spacial score (nSPS) is 28.8. The molecule has 2 aliphatic heterocycles. The molecule has 72 valence electrons. The van der Waals surface area contributed by atoms with Gasteiger partial charge in [-0.05, 0) is 26.0 Å². The van der Waals surface area contributed by atoms with Gasteiger partial charge >= 0.3 is 0 Å². The first kappa shape index (κ1) is 8.75. The maximum absolute atomic E-state index is 4.56. The number of amidine groups is 1. The second-order valence-electron chi connectivity index (χ2n) is 3.68. The van der Waals surface area contributed by atoms with Gasteiger partial charge in [0.05, 0.1) is 6.04 Å². The number of hydrogen-bond donors (Lipinski definition) is 1. The van der Waals surface area contributed by atoms with E-state index in [9.17, 15) is 0 Å². The summed E-state index contributed by atoms with van der Waals surface area (Å²) in [5.74, 6) is 1.18. The van der Waals surface area contributed by atoms with Crippen LogP contribution in [0.5, 0.6) is 0 Å². The summed E-state index contributed by atoms with van der Waals surface area (Å²) in [6.45, 7) is 6.59. The van der Waals surface area contributed by atoms with Crippen molar-refractivity contribution in [1.82, 2.24) is 10.2 Å². The summed E-state index contributed by atoms with van der Waals surface area (Å²) in [6.07, 6.45) is 5.53. The average Bonchev–Trinajstić information content (AvgIpc) is 2.43. The third-order valence-corrected chi connectivity index (χ3v) is 2.52. The topological polar surface area (TPSA) is 27.6 Å². The lowest BCUT2D eigenvalue weighted by atomic mass is 10.3. The molecule has 0 amide bonds. The summed E-state index contributed by atoms with van der Waals surface area (Å²) in [5.41, 5.74) is 0. The molecule has 0 aromatic rings. The van der Waals surface area contributed by atoms with Crippen LogP contribution in [-0.2, 0) is 0 Å². The first-order valence-corrected chi connectivity index (χ1v) is 5.08. The number of aliphatic imine (C=N–C) groups is 1. The Bertz CT molecular complexity index is 224.